The number of rotatable bonds is 6. The van der Waals surface area contributed by atoms with Crippen molar-refractivity contribution in [3.63, 3.8) is 0 Å². The van der Waals surface area contributed by atoms with Crippen LogP contribution in [0.2, 0.25) is 5.02 Å². The lowest BCUT2D eigenvalue weighted by molar-refractivity contribution is -0.117. The standard InChI is InChI=1S/C30H27ClN2O3/c1-18-6-5-9-25-26(18)29(35)27(30(36)33(25)2)28(34)24(16-19-10-13-22(31)14-11-19)32-23-15-12-20-7-3-4-8-21(20)17-23/h3-15,17,24,29,32,35-36H,16H2,1-2H3. The summed E-state index contributed by atoms with van der Waals surface area (Å²) in [6, 6.07) is 26.1. The minimum absolute atomic E-state index is 0.0217. The van der Waals surface area contributed by atoms with Crippen LogP contribution in [-0.4, -0.2) is 29.1 Å². The van der Waals surface area contributed by atoms with Crippen molar-refractivity contribution >= 4 is 39.5 Å². The van der Waals surface area contributed by atoms with Gasteiger partial charge in [0.2, 0.25) is 5.88 Å². The number of aliphatic hydroxyl groups excluding tert-OH is 2. The molecule has 3 N–H and O–H groups in total. The van der Waals surface area contributed by atoms with Crippen LogP contribution in [-0.2, 0) is 11.2 Å². The molecule has 36 heavy (non-hydrogen) atoms. The smallest absolute Gasteiger partial charge is 0.201 e. The first-order valence-electron chi connectivity index (χ1n) is 11.8. The molecule has 0 fully saturated rings. The predicted octanol–water partition coefficient (Wildman–Crippen LogP) is 6.35. The number of halogens is 1. The van der Waals surface area contributed by atoms with E-state index < -0.39 is 12.1 Å². The van der Waals surface area contributed by atoms with Gasteiger partial charge in [0.25, 0.3) is 0 Å². The van der Waals surface area contributed by atoms with E-state index in [9.17, 15) is 15.0 Å². The summed E-state index contributed by atoms with van der Waals surface area (Å²) in [7, 11) is 1.69. The number of nitrogens with zero attached hydrogens (tertiary/aromatic N) is 1. The molecule has 6 heteroatoms. The Bertz CT molecular complexity index is 1480. The molecule has 1 heterocycles. The lowest BCUT2D eigenvalue weighted by atomic mass is 9.86. The third-order valence-electron chi connectivity index (χ3n) is 6.79. The van der Waals surface area contributed by atoms with Gasteiger partial charge in [0.1, 0.15) is 6.10 Å². The van der Waals surface area contributed by atoms with Gasteiger partial charge < -0.3 is 20.4 Å². The molecule has 4 aromatic carbocycles. The molecule has 0 spiro atoms. The zero-order chi connectivity index (χ0) is 25.4. The van der Waals surface area contributed by atoms with E-state index in [0.717, 1.165) is 27.6 Å². The number of benzene rings is 4. The number of hydrogen-bond donors (Lipinski definition) is 3. The number of carbonyl (C=O) groups is 1. The molecule has 0 radical (unpaired) electrons. The molecule has 0 amide bonds. The minimum atomic E-state index is -1.24. The Balaban J connectivity index is 1.54. The van der Waals surface area contributed by atoms with Crippen molar-refractivity contribution in [2.24, 2.45) is 0 Å². The van der Waals surface area contributed by atoms with Crippen LogP contribution in [0.15, 0.2) is 96.4 Å². The van der Waals surface area contributed by atoms with Gasteiger partial charge in [-0.25, -0.2) is 0 Å². The molecule has 2 atom stereocenters. The maximum absolute atomic E-state index is 14.0. The fourth-order valence-electron chi connectivity index (χ4n) is 4.85. The van der Waals surface area contributed by atoms with E-state index in [2.05, 4.69) is 5.32 Å². The van der Waals surface area contributed by atoms with Gasteiger partial charge in [-0.2, -0.15) is 0 Å². The summed E-state index contributed by atoms with van der Waals surface area (Å²) in [4.78, 5) is 15.6. The fraction of sp³-hybridized carbons (Fsp3) is 0.167. The Morgan fingerprint density at radius 3 is 2.47 bits per heavy atom. The van der Waals surface area contributed by atoms with Gasteiger partial charge in [0.15, 0.2) is 5.78 Å². The van der Waals surface area contributed by atoms with E-state index in [1.54, 1.807) is 24.1 Å². The molecule has 0 saturated carbocycles. The van der Waals surface area contributed by atoms with Crippen molar-refractivity contribution in [1.29, 1.82) is 0 Å². The van der Waals surface area contributed by atoms with Gasteiger partial charge >= 0.3 is 0 Å². The molecule has 2 unspecified atom stereocenters. The highest BCUT2D eigenvalue weighted by molar-refractivity contribution is 6.30. The Kier molecular flexibility index (Phi) is 6.44. The highest BCUT2D eigenvalue weighted by Crippen LogP contribution is 2.41. The molecule has 4 aromatic rings. The topological polar surface area (TPSA) is 72.8 Å². The van der Waals surface area contributed by atoms with Crippen LogP contribution >= 0.6 is 11.6 Å². The van der Waals surface area contributed by atoms with Crippen LogP contribution in [0.3, 0.4) is 0 Å². The van der Waals surface area contributed by atoms with Crippen molar-refractivity contribution in [3.05, 3.63) is 118 Å². The normalized spacial score (nSPS) is 16.1. The predicted molar refractivity (Wildman–Crippen MR) is 146 cm³/mol. The number of nitrogens with one attached hydrogen (secondary N) is 1. The van der Waals surface area contributed by atoms with Crippen molar-refractivity contribution in [2.45, 2.75) is 25.5 Å². The number of aliphatic hydroxyl groups is 2. The Morgan fingerprint density at radius 1 is 1.00 bits per heavy atom. The summed E-state index contributed by atoms with van der Waals surface area (Å²) in [5.41, 5.74) is 3.80. The van der Waals surface area contributed by atoms with Crippen LogP contribution < -0.4 is 10.2 Å². The summed E-state index contributed by atoms with van der Waals surface area (Å²) < 4.78 is 0. The van der Waals surface area contributed by atoms with E-state index >= 15 is 0 Å². The quantitative estimate of drug-likeness (QED) is 0.289. The maximum atomic E-state index is 14.0. The molecule has 0 saturated heterocycles. The summed E-state index contributed by atoms with van der Waals surface area (Å²) in [5, 5.41) is 28.5. The number of aryl methyl sites for hydroxylation is 1. The van der Waals surface area contributed by atoms with Crippen LogP contribution in [0.1, 0.15) is 22.8 Å². The first-order chi connectivity index (χ1) is 17.3. The largest absolute Gasteiger partial charge is 0.494 e. The van der Waals surface area contributed by atoms with Gasteiger partial charge in [-0.1, -0.05) is 66.2 Å². The average Bonchev–Trinajstić information content (AvgIpc) is 2.88. The second-order valence-corrected chi connectivity index (χ2v) is 9.60. The zero-order valence-electron chi connectivity index (χ0n) is 20.1. The number of hydrogen-bond acceptors (Lipinski definition) is 5. The second kappa shape index (κ2) is 9.69. The van der Waals surface area contributed by atoms with E-state index in [4.69, 9.17) is 11.6 Å². The average molecular weight is 499 g/mol. The monoisotopic (exact) mass is 498 g/mol. The van der Waals surface area contributed by atoms with E-state index in [1.165, 1.54) is 0 Å². The first-order valence-corrected chi connectivity index (χ1v) is 12.2. The molecule has 0 bridgehead atoms. The Morgan fingerprint density at radius 2 is 1.72 bits per heavy atom. The van der Waals surface area contributed by atoms with Crippen LogP contribution in [0.4, 0.5) is 11.4 Å². The molecule has 0 aliphatic carbocycles. The van der Waals surface area contributed by atoms with E-state index in [-0.39, 0.29) is 17.2 Å². The van der Waals surface area contributed by atoms with Gasteiger partial charge in [-0.05, 0) is 59.2 Å². The van der Waals surface area contributed by atoms with Gasteiger partial charge in [0, 0.05) is 35.4 Å². The molecular weight excluding hydrogens is 472 g/mol. The lowest BCUT2D eigenvalue weighted by Gasteiger charge is -2.34. The summed E-state index contributed by atoms with van der Waals surface area (Å²) in [6.07, 6.45) is -0.896. The molecule has 0 aromatic heterocycles. The van der Waals surface area contributed by atoms with Crippen molar-refractivity contribution < 1.29 is 15.0 Å². The van der Waals surface area contributed by atoms with Gasteiger partial charge in [-0.15, -0.1) is 0 Å². The van der Waals surface area contributed by atoms with Crippen LogP contribution in [0.5, 0.6) is 0 Å². The maximum Gasteiger partial charge on any atom is 0.201 e. The van der Waals surface area contributed by atoms with E-state index in [1.807, 2.05) is 79.7 Å². The number of ketones is 1. The number of carbonyl (C=O) groups excluding carboxylic acids is 1. The molecule has 5 rings (SSSR count). The number of anilines is 2. The SMILES string of the molecule is Cc1cccc2c1C(O)C(C(=O)C(Cc1ccc(Cl)cc1)Nc1ccc3ccccc3c1)=C(O)N2C. The highest BCUT2D eigenvalue weighted by atomic mass is 35.5. The summed E-state index contributed by atoms with van der Waals surface area (Å²) in [5.74, 6) is -0.615. The Hall–Kier alpha value is -3.80. The molecular formula is C30H27ClN2O3. The second-order valence-electron chi connectivity index (χ2n) is 9.16. The van der Waals surface area contributed by atoms with Gasteiger partial charge in [-0.3, -0.25) is 4.79 Å². The van der Waals surface area contributed by atoms with Crippen LogP contribution in [0, 0.1) is 6.92 Å². The third-order valence-corrected chi connectivity index (χ3v) is 7.05. The van der Waals surface area contributed by atoms with Gasteiger partial charge in [0.05, 0.1) is 11.6 Å². The highest BCUT2D eigenvalue weighted by Gasteiger charge is 2.38. The summed E-state index contributed by atoms with van der Waals surface area (Å²) >= 11 is 6.07. The van der Waals surface area contributed by atoms with Crippen molar-refractivity contribution in [2.75, 3.05) is 17.3 Å². The van der Waals surface area contributed by atoms with E-state index in [0.29, 0.717) is 22.7 Å². The molecule has 182 valence electrons. The molecule has 5 nitrogen and oxygen atoms in total. The molecule has 1 aliphatic heterocycles. The zero-order valence-corrected chi connectivity index (χ0v) is 20.8. The van der Waals surface area contributed by atoms with Crippen LogP contribution in [0.25, 0.3) is 10.8 Å². The first kappa shape index (κ1) is 23.9. The summed E-state index contributed by atoms with van der Waals surface area (Å²) in [6.45, 7) is 1.89. The fourth-order valence-corrected chi connectivity index (χ4v) is 4.98. The third kappa shape index (κ3) is 4.43. The Labute approximate surface area is 215 Å². The van der Waals surface area contributed by atoms with Crippen molar-refractivity contribution in [1.82, 2.24) is 0 Å². The number of fused-ring (bicyclic) bond motifs is 2. The minimum Gasteiger partial charge on any atom is -0.494 e. The van der Waals surface area contributed by atoms with Crippen molar-refractivity contribution in [3.8, 4) is 0 Å². The molecule has 1 aliphatic rings. The number of Topliss-reactive ketones (excluding diaryl/α,β-unsaturated/α-hetero) is 1. The lowest BCUT2D eigenvalue weighted by Crippen LogP contribution is -2.39.